The zero-order valence-corrected chi connectivity index (χ0v) is 17.0. The Balaban J connectivity index is 1.84. The highest BCUT2D eigenvalue weighted by atomic mass is 16.7. The van der Waals surface area contributed by atoms with E-state index in [1.165, 1.54) is 0 Å². The standard InChI is InChI=1S/C19H30B2O4/c1-13-12-14(20-22-16(2,3)17(4,5)23-20)10-11-15(13)21-24-18(6,7)19(8,9)25-21/h10-12H,1-9H3. The maximum absolute atomic E-state index is 6.18. The summed E-state index contributed by atoms with van der Waals surface area (Å²) in [7, 11) is -0.701. The van der Waals surface area contributed by atoms with Crippen molar-refractivity contribution in [1.29, 1.82) is 0 Å². The number of aryl methyl sites for hydroxylation is 1. The van der Waals surface area contributed by atoms with Crippen LogP contribution in [0.3, 0.4) is 0 Å². The summed E-state index contributed by atoms with van der Waals surface area (Å²) in [5.41, 5.74) is 1.84. The van der Waals surface area contributed by atoms with Gasteiger partial charge in [-0.15, -0.1) is 0 Å². The monoisotopic (exact) mass is 344 g/mol. The molecule has 0 unspecified atom stereocenters. The van der Waals surface area contributed by atoms with Crippen LogP contribution in [0, 0.1) is 6.92 Å². The average Bonchev–Trinajstić information content (AvgIpc) is 2.78. The molecule has 2 aliphatic rings. The zero-order chi connectivity index (χ0) is 18.8. The first kappa shape index (κ1) is 19.0. The van der Waals surface area contributed by atoms with Crippen molar-refractivity contribution in [3.63, 3.8) is 0 Å². The SMILES string of the molecule is Cc1cc(B2OC(C)(C)C(C)(C)O2)ccc1B1OC(C)(C)C(C)(C)O1. The number of hydrogen-bond acceptors (Lipinski definition) is 4. The Morgan fingerprint density at radius 2 is 1.04 bits per heavy atom. The van der Waals surface area contributed by atoms with Gasteiger partial charge in [-0.2, -0.15) is 0 Å². The average molecular weight is 344 g/mol. The topological polar surface area (TPSA) is 36.9 Å². The van der Waals surface area contributed by atoms with Gasteiger partial charge in [0.15, 0.2) is 0 Å². The summed E-state index contributed by atoms with van der Waals surface area (Å²) in [5.74, 6) is 0. The van der Waals surface area contributed by atoms with Crippen molar-refractivity contribution < 1.29 is 18.6 Å². The first-order valence-electron chi connectivity index (χ1n) is 9.07. The second kappa shape index (κ2) is 5.59. The first-order chi connectivity index (χ1) is 11.3. The lowest BCUT2D eigenvalue weighted by Gasteiger charge is -2.32. The minimum atomic E-state index is -0.351. The third-order valence-corrected chi connectivity index (χ3v) is 6.33. The second-order valence-corrected chi connectivity index (χ2v) is 9.29. The molecule has 2 heterocycles. The van der Waals surface area contributed by atoms with Crippen LogP contribution in [0.15, 0.2) is 18.2 Å². The number of rotatable bonds is 2. The highest BCUT2D eigenvalue weighted by Gasteiger charge is 2.53. The molecule has 4 nitrogen and oxygen atoms in total. The van der Waals surface area contributed by atoms with Crippen molar-refractivity contribution >= 4 is 25.2 Å². The van der Waals surface area contributed by atoms with Crippen molar-refractivity contribution in [3.05, 3.63) is 23.8 Å². The summed E-state index contributed by atoms with van der Waals surface area (Å²) in [6, 6.07) is 6.23. The van der Waals surface area contributed by atoms with Crippen LogP contribution in [-0.4, -0.2) is 36.6 Å². The van der Waals surface area contributed by atoms with Gasteiger partial charge in [-0.3, -0.25) is 0 Å². The predicted molar refractivity (Wildman–Crippen MR) is 103 cm³/mol. The molecule has 2 saturated heterocycles. The summed E-state index contributed by atoms with van der Waals surface area (Å²) in [6.45, 7) is 18.6. The van der Waals surface area contributed by atoms with Crippen molar-refractivity contribution in [3.8, 4) is 0 Å². The van der Waals surface area contributed by atoms with E-state index >= 15 is 0 Å². The fraction of sp³-hybridized carbons (Fsp3) is 0.684. The van der Waals surface area contributed by atoms with E-state index in [0.717, 1.165) is 16.5 Å². The van der Waals surface area contributed by atoms with Crippen molar-refractivity contribution in [2.24, 2.45) is 0 Å². The van der Waals surface area contributed by atoms with Gasteiger partial charge in [0, 0.05) is 0 Å². The lowest BCUT2D eigenvalue weighted by atomic mass is 9.71. The van der Waals surface area contributed by atoms with Gasteiger partial charge >= 0.3 is 14.2 Å². The molecule has 2 aliphatic heterocycles. The van der Waals surface area contributed by atoms with E-state index in [2.05, 4.69) is 80.5 Å². The molecular weight excluding hydrogens is 314 g/mol. The van der Waals surface area contributed by atoms with Gasteiger partial charge in [-0.1, -0.05) is 23.8 Å². The fourth-order valence-electron chi connectivity index (χ4n) is 3.06. The van der Waals surface area contributed by atoms with Gasteiger partial charge < -0.3 is 18.6 Å². The molecule has 0 atom stereocenters. The molecular formula is C19H30B2O4. The minimum absolute atomic E-state index is 0.337. The quantitative estimate of drug-likeness (QED) is 0.773. The van der Waals surface area contributed by atoms with Crippen LogP contribution >= 0.6 is 0 Å². The molecule has 0 bridgehead atoms. The van der Waals surface area contributed by atoms with Crippen LogP contribution in [0.1, 0.15) is 61.0 Å². The van der Waals surface area contributed by atoms with Gasteiger partial charge in [0.2, 0.25) is 0 Å². The van der Waals surface area contributed by atoms with E-state index in [4.69, 9.17) is 18.6 Å². The van der Waals surface area contributed by atoms with Crippen LogP contribution in [0.4, 0.5) is 0 Å². The lowest BCUT2D eigenvalue weighted by molar-refractivity contribution is 0.00578. The Morgan fingerprint density at radius 1 is 0.640 bits per heavy atom. The third kappa shape index (κ3) is 3.08. The summed E-state index contributed by atoms with van der Waals surface area (Å²) in [5, 5.41) is 0. The molecule has 0 saturated carbocycles. The maximum Gasteiger partial charge on any atom is 0.495 e. The lowest BCUT2D eigenvalue weighted by Crippen LogP contribution is -2.41. The van der Waals surface area contributed by atoms with Crippen molar-refractivity contribution in [2.45, 2.75) is 84.7 Å². The largest absolute Gasteiger partial charge is 0.495 e. The van der Waals surface area contributed by atoms with Crippen molar-refractivity contribution in [1.82, 2.24) is 0 Å². The fourth-order valence-corrected chi connectivity index (χ4v) is 3.06. The molecule has 1 aromatic carbocycles. The Kier molecular flexibility index (Phi) is 4.24. The Hall–Kier alpha value is -0.810. The van der Waals surface area contributed by atoms with E-state index in [1.807, 2.05) is 0 Å². The van der Waals surface area contributed by atoms with Crippen LogP contribution in [0.5, 0.6) is 0 Å². The van der Waals surface area contributed by atoms with Crippen LogP contribution in [0.2, 0.25) is 0 Å². The second-order valence-electron chi connectivity index (χ2n) is 9.29. The van der Waals surface area contributed by atoms with Crippen LogP contribution < -0.4 is 10.9 Å². The summed E-state index contributed by atoms with van der Waals surface area (Å²) >= 11 is 0. The minimum Gasteiger partial charge on any atom is -0.399 e. The Morgan fingerprint density at radius 3 is 1.44 bits per heavy atom. The molecule has 0 amide bonds. The molecule has 136 valence electrons. The van der Waals surface area contributed by atoms with E-state index in [-0.39, 0.29) is 36.6 Å². The molecule has 3 rings (SSSR count). The van der Waals surface area contributed by atoms with Crippen LogP contribution in [0.25, 0.3) is 0 Å². The smallest absolute Gasteiger partial charge is 0.399 e. The van der Waals surface area contributed by atoms with Crippen molar-refractivity contribution in [2.75, 3.05) is 0 Å². The molecule has 25 heavy (non-hydrogen) atoms. The van der Waals surface area contributed by atoms with Gasteiger partial charge in [-0.25, -0.2) is 0 Å². The summed E-state index contributed by atoms with van der Waals surface area (Å²) in [4.78, 5) is 0. The van der Waals surface area contributed by atoms with Gasteiger partial charge in [0.05, 0.1) is 22.4 Å². The predicted octanol–water partition coefficient (Wildman–Crippen LogP) is 2.59. The van der Waals surface area contributed by atoms with Gasteiger partial charge in [0.1, 0.15) is 0 Å². The summed E-state index contributed by atoms with van der Waals surface area (Å²) in [6.07, 6.45) is 0. The van der Waals surface area contributed by atoms with Crippen LogP contribution in [-0.2, 0) is 18.6 Å². The van der Waals surface area contributed by atoms with E-state index in [9.17, 15) is 0 Å². The Labute approximate surface area is 152 Å². The highest BCUT2D eigenvalue weighted by Crippen LogP contribution is 2.37. The molecule has 0 radical (unpaired) electrons. The molecule has 6 heteroatoms. The number of benzene rings is 1. The molecule has 0 N–H and O–H groups in total. The van der Waals surface area contributed by atoms with E-state index in [1.54, 1.807) is 0 Å². The highest BCUT2D eigenvalue weighted by molar-refractivity contribution is 6.64. The molecule has 0 spiro atoms. The first-order valence-corrected chi connectivity index (χ1v) is 9.07. The molecule has 0 aliphatic carbocycles. The normalized spacial score (nSPS) is 26.3. The van der Waals surface area contributed by atoms with E-state index < -0.39 is 0 Å². The molecule has 0 aromatic heterocycles. The molecule has 2 fully saturated rings. The maximum atomic E-state index is 6.18. The molecule has 1 aromatic rings. The van der Waals surface area contributed by atoms with E-state index in [0.29, 0.717) is 0 Å². The Bertz CT molecular complexity index is 650. The summed E-state index contributed by atoms with van der Waals surface area (Å²) < 4.78 is 24.7. The zero-order valence-electron chi connectivity index (χ0n) is 17.0. The third-order valence-electron chi connectivity index (χ3n) is 6.33. The van der Waals surface area contributed by atoms with Gasteiger partial charge in [0.25, 0.3) is 0 Å². The van der Waals surface area contributed by atoms with Gasteiger partial charge in [-0.05, 0) is 73.2 Å². The number of hydrogen-bond donors (Lipinski definition) is 0.